The molecule has 0 atom stereocenters. The molecule has 0 aliphatic heterocycles. The van der Waals surface area contributed by atoms with E-state index in [1.165, 1.54) is 5.56 Å². The molecule has 1 aromatic carbocycles. The quantitative estimate of drug-likeness (QED) is 0.719. The van der Waals surface area contributed by atoms with E-state index in [9.17, 15) is 4.79 Å². The number of carbonyl (C=O) groups is 1. The van der Waals surface area contributed by atoms with Crippen LogP contribution in [0.4, 0.5) is 0 Å². The molecule has 0 aliphatic rings. The Balaban J connectivity index is 2.40. The van der Waals surface area contributed by atoms with Crippen LogP contribution in [0.2, 0.25) is 0 Å². The van der Waals surface area contributed by atoms with Crippen molar-refractivity contribution in [3.8, 4) is 0 Å². The van der Waals surface area contributed by atoms with Crippen molar-refractivity contribution in [3.05, 3.63) is 35.4 Å². The second-order valence-corrected chi connectivity index (χ2v) is 3.74. The minimum Gasteiger partial charge on any atom is -0.396 e. The molecule has 1 rings (SSSR count). The molecule has 0 fully saturated rings. The molecule has 0 saturated carbocycles. The summed E-state index contributed by atoms with van der Waals surface area (Å²) in [5.74, 6) is -0.0411. The minimum absolute atomic E-state index is 0.0411. The summed E-state index contributed by atoms with van der Waals surface area (Å²) in [6.07, 6.45) is 2.53. The van der Waals surface area contributed by atoms with Crippen molar-refractivity contribution in [2.75, 3.05) is 13.2 Å². The van der Waals surface area contributed by atoms with E-state index < -0.39 is 0 Å². The van der Waals surface area contributed by atoms with Crippen LogP contribution in [0.25, 0.3) is 0 Å². The molecule has 3 nitrogen and oxygen atoms in total. The van der Waals surface area contributed by atoms with Crippen LogP contribution in [-0.4, -0.2) is 24.2 Å². The smallest absolute Gasteiger partial charge is 0.251 e. The summed E-state index contributed by atoms with van der Waals surface area (Å²) in [5.41, 5.74) is 1.93. The lowest BCUT2D eigenvalue weighted by atomic mass is 10.1. The average molecular weight is 221 g/mol. The summed E-state index contributed by atoms with van der Waals surface area (Å²) >= 11 is 0. The summed E-state index contributed by atoms with van der Waals surface area (Å²) in [6, 6.07) is 7.64. The fourth-order valence-corrected chi connectivity index (χ4v) is 1.43. The number of aliphatic hydroxyl groups is 1. The lowest BCUT2D eigenvalue weighted by molar-refractivity contribution is 0.0952. The first-order valence-corrected chi connectivity index (χ1v) is 5.76. The van der Waals surface area contributed by atoms with E-state index in [1.807, 2.05) is 24.3 Å². The summed E-state index contributed by atoms with van der Waals surface area (Å²) < 4.78 is 0. The molecule has 16 heavy (non-hydrogen) atoms. The van der Waals surface area contributed by atoms with E-state index in [0.29, 0.717) is 12.1 Å². The van der Waals surface area contributed by atoms with Gasteiger partial charge in [0.15, 0.2) is 0 Å². The highest BCUT2D eigenvalue weighted by atomic mass is 16.2. The number of amides is 1. The van der Waals surface area contributed by atoms with Crippen LogP contribution in [0.15, 0.2) is 24.3 Å². The molecule has 0 spiro atoms. The third kappa shape index (κ3) is 4.03. The van der Waals surface area contributed by atoms with Gasteiger partial charge in [-0.05, 0) is 37.0 Å². The second kappa shape index (κ2) is 7.01. The maximum Gasteiger partial charge on any atom is 0.251 e. The second-order valence-electron chi connectivity index (χ2n) is 3.74. The maximum absolute atomic E-state index is 11.6. The van der Waals surface area contributed by atoms with Gasteiger partial charge >= 0.3 is 0 Å². The Morgan fingerprint density at radius 1 is 1.25 bits per heavy atom. The molecule has 1 aromatic rings. The van der Waals surface area contributed by atoms with Gasteiger partial charge < -0.3 is 10.4 Å². The summed E-state index contributed by atoms with van der Waals surface area (Å²) in [6.45, 7) is 2.89. The van der Waals surface area contributed by atoms with E-state index in [2.05, 4.69) is 12.2 Å². The first-order valence-electron chi connectivity index (χ1n) is 5.76. The fourth-order valence-electron chi connectivity index (χ4n) is 1.43. The van der Waals surface area contributed by atoms with E-state index >= 15 is 0 Å². The first kappa shape index (κ1) is 12.7. The third-order valence-corrected chi connectivity index (χ3v) is 2.49. The first-order chi connectivity index (χ1) is 7.77. The number of hydrogen-bond donors (Lipinski definition) is 2. The normalized spacial score (nSPS) is 10.1. The zero-order chi connectivity index (χ0) is 11.8. The van der Waals surface area contributed by atoms with Crippen LogP contribution in [0.5, 0.6) is 0 Å². The van der Waals surface area contributed by atoms with Gasteiger partial charge in [0.25, 0.3) is 5.91 Å². The number of hydrogen-bond acceptors (Lipinski definition) is 2. The van der Waals surface area contributed by atoms with Gasteiger partial charge in [0.05, 0.1) is 0 Å². The van der Waals surface area contributed by atoms with Crippen molar-refractivity contribution in [2.45, 2.75) is 26.2 Å². The van der Waals surface area contributed by atoms with Crippen LogP contribution in [0.3, 0.4) is 0 Å². The van der Waals surface area contributed by atoms with E-state index in [-0.39, 0.29) is 12.5 Å². The summed E-state index contributed by atoms with van der Waals surface area (Å²) in [4.78, 5) is 11.6. The number of benzene rings is 1. The molecule has 1 amide bonds. The zero-order valence-electron chi connectivity index (χ0n) is 9.70. The summed E-state index contributed by atoms with van der Waals surface area (Å²) in [5, 5.41) is 11.4. The predicted molar refractivity (Wildman–Crippen MR) is 64.5 cm³/mol. The van der Waals surface area contributed by atoms with E-state index in [1.54, 1.807) is 0 Å². The molecule has 88 valence electrons. The van der Waals surface area contributed by atoms with Gasteiger partial charge in [-0.3, -0.25) is 4.79 Å². The predicted octanol–water partition coefficient (Wildman–Crippen LogP) is 1.75. The molecule has 0 bridgehead atoms. The van der Waals surface area contributed by atoms with Gasteiger partial charge in [-0.15, -0.1) is 0 Å². The number of carbonyl (C=O) groups excluding carboxylic acids is 1. The Bertz CT molecular complexity index is 319. The number of rotatable bonds is 6. The molecule has 2 N–H and O–H groups in total. The Hall–Kier alpha value is -1.35. The van der Waals surface area contributed by atoms with Crippen LogP contribution in [0.1, 0.15) is 35.7 Å². The van der Waals surface area contributed by atoms with Crippen LogP contribution in [-0.2, 0) is 6.42 Å². The van der Waals surface area contributed by atoms with E-state index in [4.69, 9.17) is 5.11 Å². The monoisotopic (exact) mass is 221 g/mol. The number of aryl methyl sites for hydroxylation is 1. The standard InChI is InChI=1S/C13H19NO2/c1-2-11-5-7-12(8-6-11)13(16)14-9-3-4-10-15/h5-8,15H,2-4,9-10H2,1H3,(H,14,16). The minimum atomic E-state index is -0.0411. The highest BCUT2D eigenvalue weighted by molar-refractivity contribution is 5.94. The third-order valence-electron chi connectivity index (χ3n) is 2.49. The highest BCUT2D eigenvalue weighted by Crippen LogP contribution is 2.04. The Labute approximate surface area is 96.5 Å². The van der Waals surface area contributed by atoms with Crippen molar-refractivity contribution in [1.82, 2.24) is 5.32 Å². The molecule has 0 aromatic heterocycles. The van der Waals surface area contributed by atoms with Gasteiger partial charge in [-0.2, -0.15) is 0 Å². The lowest BCUT2D eigenvalue weighted by Crippen LogP contribution is -2.24. The van der Waals surface area contributed by atoms with Crippen LogP contribution < -0.4 is 5.32 Å². The van der Waals surface area contributed by atoms with Gasteiger partial charge in [0, 0.05) is 18.7 Å². The largest absolute Gasteiger partial charge is 0.396 e. The molecule has 0 radical (unpaired) electrons. The van der Waals surface area contributed by atoms with E-state index in [0.717, 1.165) is 19.3 Å². The van der Waals surface area contributed by atoms with Crippen molar-refractivity contribution in [1.29, 1.82) is 0 Å². The molecular formula is C13H19NO2. The molecular weight excluding hydrogens is 202 g/mol. The van der Waals surface area contributed by atoms with Crippen molar-refractivity contribution >= 4 is 5.91 Å². The SMILES string of the molecule is CCc1ccc(C(=O)NCCCCO)cc1. The summed E-state index contributed by atoms with van der Waals surface area (Å²) in [7, 11) is 0. The van der Waals surface area contributed by atoms with Crippen molar-refractivity contribution in [2.24, 2.45) is 0 Å². The number of aliphatic hydroxyl groups excluding tert-OH is 1. The zero-order valence-corrected chi connectivity index (χ0v) is 9.70. The topological polar surface area (TPSA) is 49.3 Å². The van der Waals surface area contributed by atoms with Crippen LogP contribution >= 0.6 is 0 Å². The molecule has 3 heteroatoms. The highest BCUT2D eigenvalue weighted by Gasteiger charge is 2.03. The molecule has 0 saturated heterocycles. The van der Waals surface area contributed by atoms with Gasteiger partial charge in [-0.25, -0.2) is 0 Å². The number of nitrogens with one attached hydrogen (secondary N) is 1. The Morgan fingerprint density at radius 3 is 2.50 bits per heavy atom. The van der Waals surface area contributed by atoms with Crippen LogP contribution in [0, 0.1) is 0 Å². The van der Waals surface area contributed by atoms with Gasteiger partial charge in [0.2, 0.25) is 0 Å². The maximum atomic E-state index is 11.6. The van der Waals surface area contributed by atoms with Gasteiger partial charge in [0.1, 0.15) is 0 Å². The van der Waals surface area contributed by atoms with Crippen molar-refractivity contribution in [3.63, 3.8) is 0 Å². The molecule has 0 aliphatic carbocycles. The van der Waals surface area contributed by atoms with Crippen molar-refractivity contribution < 1.29 is 9.90 Å². The number of unbranched alkanes of at least 4 members (excludes halogenated alkanes) is 1. The fraction of sp³-hybridized carbons (Fsp3) is 0.462. The lowest BCUT2D eigenvalue weighted by Gasteiger charge is -2.05. The Morgan fingerprint density at radius 2 is 1.94 bits per heavy atom. The average Bonchev–Trinajstić information content (AvgIpc) is 2.34. The van der Waals surface area contributed by atoms with Gasteiger partial charge in [-0.1, -0.05) is 19.1 Å². The molecule has 0 heterocycles. The molecule has 0 unspecified atom stereocenters. The Kier molecular flexibility index (Phi) is 5.57.